The molecule has 4 rings (SSSR count). The molecule has 0 unspecified atom stereocenters. The van der Waals surface area contributed by atoms with Crippen LogP contribution in [0.4, 0.5) is 0 Å². The van der Waals surface area contributed by atoms with Gasteiger partial charge in [0.25, 0.3) is 0 Å². The number of aromatic nitrogens is 2. The van der Waals surface area contributed by atoms with Crippen LogP contribution in [-0.2, 0) is 24.4 Å². The van der Waals surface area contributed by atoms with E-state index in [-0.39, 0.29) is 0 Å². The predicted molar refractivity (Wildman–Crippen MR) is 92.6 cm³/mol. The van der Waals surface area contributed by atoms with Gasteiger partial charge in [-0.05, 0) is 37.1 Å². The largest absolute Gasteiger partial charge is 0.381 e. The number of thiophene rings is 1. The molecular formula is C18H25N3OS. The van der Waals surface area contributed by atoms with E-state index in [1.165, 1.54) is 29.1 Å². The monoisotopic (exact) mass is 331 g/mol. The lowest BCUT2D eigenvalue weighted by molar-refractivity contribution is 0.102. The van der Waals surface area contributed by atoms with Gasteiger partial charge in [-0.1, -0.05) is 6.07 Å². The molecule has 2 aromatic rings. The molecule has 2 aliphatic rings. The zero-order chi connectivity index (χ0) is 15.6. The van der Waals surface area contributed by atoms with Gasteiger partial charge in [0.05, 0.1) is 18.6 Å². The average Bonchev–Trinajstić information content (AvgIpc) is 3.05. The Morgan fingerprint density at radius 1 is 1.39 bits per heavy atom. The predicted octanol–water partition coefficient (Wildman–Crippen LogP) is 3.49. The second kappa shape index (κ2) is 6.75. The normalized spacial score (nSPS) is 21.5. The quantitative estimate of drug-likeness (QED) is 0.778. The second-order valence-electron chi connectivity index (χ2n) is 6.78. The molecule has 1 fully saturated rings. The van der Waals surface area contributed by atoms with Gasteiger partial charge in [0, 0.05) is 49.3 Å². The van der Waals surface area contributed by atoms with Crippen LogP contribution >= 0.6 is 11.3 Å². The first kappa shape index (κ1) is 15.4. The third-order valence-electron chi connectivity index (χ3n) is 4.83. The van der Waals surface area contributed by atoms with E-state index in [1.807, 2.05) is 11.3 Å². The van der Waals surface area contributed by atoms with Crippen LogP contribution in [0.25, 0.3) is 0 Å². The summed E-state index contributed by atoms with van der Waals surface area (Å²) in [5, 5.41) is 2.16. The number of imidazole rings is 1. The van der Waals surface area contributed by atoms with Crippen LogP contribution in [0.15, 0.2) is 23.8 Å². The molecule has 4 nitrogen and oxygen atoms in total. The van der Waals surface area contributed by atoms with Gasteiger partial charge >= 0.3 is 0 Å². The molecule has 1 aliphatic carbocycles. The Hall–Kier alpha value is -1.17. The smallest absolute Gasteiger partial charge is 0.0952 e. The summed E-state index contributed by atoms with van der Waals surface area (Å²) in [7, 11) is 0. The van der Waals surface area contributed by atoms with Gasteiger partial charge in [-0.25, -0.2) is 4.98 Å². The van der Waals surface area contributed by atoms with Crippen LogP contribution in [-0.4, -0.2) is 34.2 Å². The zero-order valence-corrected chi connectivity index (χ0v) is 14.6. The molecular weight excluding hydrogens is 306 g/mol. The Balaban J connectivity index is 1.54. The lowest BCUT2D eigenvalue weighted by Gasteiger charge is -2.33. The SMILES string of the molecule is CCOC[C@@H]1CN(Cc2cccs2)Cc2ncn(CC3CC3)c21. The molecule has 1 saturated carbocycles. The summed E-state index contributed by atoms with van der Waals surface area (Å²) in [5.41, 5.74) is 2.70. The van der Waals surface area contributed by atoms with Crippen LogP contribution < -0.4 is 0 Å². The molecule has 1 aliphatic heterocycles. The van der Waals surface area contributed by atoms with Gasteiger partial charge in [0.2, 0.25) is 0 Å². The highest BCUT2D eigenvalue weighted by atomic mass is 32.1. The molecule has 0 saturated heterocycles. The molecule has 0 bridgehead atoms. The Labute approximate surface area is 142 Å². The van der Waals surface area contributed by atoms with E-state index in [4.69, 9.17) is 9.72 Å². The Morgan fingerprint density at radius 2 is 2.30 bits per heavy atom. The van der Waals surface area contributed by atoms with Crippen molar-refractivity contribution in [2.24, 2.45) is 5.92 Å². The summed E-state index contributed by atoms with van der Waals surface area (Å²) < 4.78 is 8.21. The minimum Gasteiger partial charge on any atom is -0.381 e. The summed E-state index contributed by atoms with van der Waals surface area (Å²) in [6, 6.07) is 4.36. The summed E-state index contributed by atoms with van der Waals surface area (Å²) in [6.45, 7) is 7.88. The lowest BCUT2D eigenvalue weighted by atomic mass is 9.98. The summed E-state index contributed by atoms with van der Waals surface area (Å²) in [5.74, 6) is 1.32. The lowest BCUT2D eigenvalue weighted by Crippen LogP contribution is -2.36. The third kappa shape index (κ3) is 3.52. The molecule has 0 aromatic carbocycles. The van der Waals surface area contributed by atoms with E-state index < -0.39 is 0 Å². The number of nitrogens with zero attached hydrogens (tertiary/aromatic N) is 3. The second-order valence-corrected chi connectivity index (χ2v) is 7.81. The highest BCUT2D eigenvalue weighted by Gasteiger charge is 2.32. The van der Waals surface area contributed by atoms with Gasteiger partial charge in [-0.2, -0.15) is 0 Å². The first-order valence-electron chi connectivity index (χ1n) is 8.70. The zero-order valence-electron chi connectivity index (χ0n) is 13.8. The maximum absolute atomic E-state index is 5.79. The summed E-state index contributed by atoms with van der Waals surface area (Å²) in [4.78, 5) is 8.70. The molecule has 0 radical (unpaired) electrons. The van der Waals surface area contributed by atoms with E-state index in [2.05, 4.69) is 40.2 Å². The van der Waals surface area contributed by atoms with Gasteiger partial charge in [0.1, 0.15) is 0 Å². The Morgan fingerprint density at radius 3 is 3.04 bits per heavy atom. The van der Waals surface area contributed by atoms with E-state index in [0.29, 0.717) is 5.92 Å². The van der Waals surface area contributed by atoms with Gasteiger partial charge < -0.3 is 9.30 Å². The number of fused-ring (bicyclic) bond motifs is 1. The van der Waals surface area contributed by atoms with Crippen molar-refractivity contribution >= 4 is 11.3 Å². The standard InChI is InChI=1S/C18H25N3OS/c1-2-22-12-15-9-20(10-16-4-3-7-23-16)11-17-18(15)21(13-19-17)8-14-5-6-14/h3-4,7,13-15H,2,5-6,8-12H2,1H3/t15-/m0/s1. The van der Waals surface area contributed by atoms with Crippen molar-refractivity contribution in [1.29, 1.82) is 0 Å². The van der Waals surface area contributed by atoms with E-state index in [9.17, 15) is 0 Å². The first-order chi connectivity index (χ1) is 11.3. The topological polar surface area (TPSA) is 30.3 Å². The maximum atomic E-state index is 5.79. The third-order valence-corrected chi connectivity index (χ3v) is 5.69. The minimum absolute atomic E-state index is 0.444. The van der Waals surface area contributed by atoms with Crippen LogP contribution in [0.5, 0.6) is 0 Å². The molecule has 3 heterocycles. The van der Waals surface area contributed by atoms with Crippen molar-refractivity contribution < 1.29 is 4.74 Å². The first-order valence-corrected chi connectivity index (χ1v) is 9.57. The van der Waals surface area contributed by atoms with E-state index in [0.717, 1.165) is 45.3 Å². The van der Waals surface area contributed by atoms with Crippen molar-refractivity contribution in [3.63, 3.8) is 0 Å². The summed E-state index contributed by atoms with van der Waals surface area (Å²) in [6.07, 6.45) is 4.83. The summed E-state index contributed by atoms with van der Waals surface area (Å²) >= 11 is 1.84. The Kier molecular flexibility index (Phi) is 4.51. The van der Waals surface area contributed by atoms with Gasteiger partial charge in [0.15, 0.2) is 0 Å². The van der Waals surface area contributed by atoms with Crippen molar-refractivity contribution in [1.82, 2.24) is 14.5 Å². The van der Waals surface area contributed by atoms with Crippen LogP contribution in [0, 0.1) is 5.92 Å². The van der Waals surface area contributed by atoms with Gasteiger partial charge in [-0.3, -0.25) is 4.90 Å². The number of hydrogen-bond acceptors (Lipinski definition) is 4. The molecule has 0 amide bonds. The fraction of sp³-hybridized carbons (Fsp3) is 0.611. The average molecular weight is 331 g/mol. The van der Waals surface area contributed by atoms with Crippen molar-refractivity contribution in [3.8, 4) is 0 Å². The van der Waals surface area contributed by atoms with Crippen molar-refractivity contribution in [3.05, 3.63) is 40.1 Å². The van der Waals surface area contributed by atoms with E-state index >= 15 is 0 Å². The van der Waals surface area contributed by atoms with Crippen LogP contribution in [0.3, 0.4) is 0 Å². The van der Waals surface area contributed by atoms with Crippen LogP contribution in [0.2, 0.25) is 0 Å². The molecule has 124 valence electrons. The van der Waals surface area contributed by atoms with Crippen LogP contribution in [0.1, 0.15) is 41.9 Å². The molecule has 0 N–H and O–H groups in total. The minimum atomic E-state index is 0.444. The molecule has 0 spiro atoms. The fourth-order valence-electron chi connectivity index (χ4n) is 3.56. The number of hydrogen-bond donors (Lipinski definition) is 0. The molecule has 1 atom stereocenters. The molecule has 23 heavy (non-hydrogen) atoms. The van der Waals surface area contributed by atoms with Gasteiger partial charge in [-0.15, -0.1) is 11.3 Å². The van der Waals surface area contributed by atoms with Crippen molar-refractivity contribution in [2.45, 2.75) is 45.3 Å². The fourth-order valence-corrected chi connectivity index (χ4v) is 4.31. The number of ether oxygens (including phenoxy) is 1. The van der Waals surface area contributed by atoms with Crippen molar-refractivity contribution in [2.75, 3.05) is 19.8 Å². The number of rotatable bonds is 7. The molecule has 5 heteroatoms. The maximum Gasteiger partial charge on any atom is 0.0952 e. The Bertz CT molecular complexity index is 633. The highest BCUT2D eigenvalue weighted by molar-refractivity contribution is 7.09. The van der Waals surface area contributed by atoms with E-state index in [1.54, 1.807) is 0 Å². The molecule has 2 aromatic heterocycles. The highest BCUT2D eigenvalue weighted by Crippen LogP contribution is 2.35.